The average molecular weight is 398 g/mol. The number of anilines is 1. The molecule has 2 aromatic carbocycles. The van der Waals surface area contributed by atoms with Crippen molar-refractivity contribution in [3.63, 3.8) is 0 Å². The minimum atomic E-state index is -0.681. The Bertz CT molecular complexity index is 906. The van der Waals surface area contributed by atoms with Gasteiger partial charge in [-0.2, -0.15) is 0 Å². The standard InChI is InChI=1S/C21H22N2O6/c1-22-21(26)14-4-7-16(8-5-14)23-19(24)13-29-20(25)11-6-15-12-17(27-2)9-10-18(15)28-3/h4-12H,13H2,1-3H3,(H,22,26)(H,23,24)/b11-6+. The van der Waals surface area contributed by atoms with Crippen molar-refractivity contribution in [2.24, 2.45) is 0 Å². The second-order valence-electron chi connectivity index (χ2n) is 5.75. The number of hydrogen-bond acceptors (Lipinski definition) is 6. The third-order valence-corrected chi connectivity index (χ3v) is 3.84. The molecule has 0 aliphatic rings. The third kappa shape index (κ3) is 6.39. The van der Waals surface area contributed by atoms with Gasteiger partial charge in [-0.3, -0.25) is 9.59 Å². The Balaban J connectivity index is 1.88. The van der Waals surface area contributed by atoms with Crippen LogP contribution in [0.3, 0.4) is 0 Å². The first-order valence-corrected chi connectivity index (χ1v) is 8.65. The second kappa shape index (κ2) is 10.5. The van der Waals surface area contributed by atoms with Gasteiger partial charge in [-0.05, 0) is 48.5 Å². The molecule has 0 bridgehead atoms. The average Bonchev–Trinajstić information content (AvgIpc) is 2.75. The van der Waals surface area contributed by atoms with Crippen LogP contribution in [0.4, 0.5) is 5.69 Å². The molecule has 29 heavy (non-hydrogen) atoms. The van der Waals surface area contributed by atoms with Gasteiger partial charge < -0.3 is 24.8 Å². The lowest BCUT2D eigenvalue weighted by molar-refractivity contribution is -0.142. The van der Waals surface area contributed by atoms with E-state index < -0.39 is 18.5 Å². The van der Waals surface area contributed by atoms with Crippen LogP contribution in [0.2, 0.25) is 0 Å². The Labute approximate surface area is 168 Å². The maximum atomic E-state index is 11.9. The summed E-state index contributed by atoms with van der Waals surface area (Å²) >= 11 is 0. The summed E-state index contributed by atoms with van der Waals surface area (Å²) in [6, 6.07) is 11.5. The minimum Gasteiger partial charge on any atom is -0.497 e. The molecule has 0 aliphatic heterocycles. The fourth-order valence-corrected chi connectivity index (χ4v) is 2.36. The molecule has 0 unspecified atom stereocenters. The van der Waals surface area contributed by atoms with Crippen molar-refractivity contribution < 1.29 is 28.6 Å². The quantitative estimate of drug-likeness (QED) is 0.522. The van der Waals surface area contributed by atoms with Gasteiger partial charge in [0.15, 0.2) is 6.61 Å². The van der Waals surface area contributed by atoms with Gasteiger partial charge >= 0.3 is 5.97 Å². The van der Waals surface area contributed by atoms with Crippen molar-refractivity contribution in [2.45, 2.75) is 0 Å². The molecule has 0 atom stereocenters. The first-order valence-electron chi connectivity index (χ1n) is 8.65. The molecule has 0 heterocycles. The van der Waals surface area contributed by atoms with Crippen molar-refractivity contribution in [1.29, 1.82) is 0 Å². The van der Waals surface area contributed by atoms with Gasteiger partial charge in [0.1, 0.15) is 11.5 Å². The van der Waals surface area contributed by atoms with E-state index in [4.69, 9.17) is 14.2 Å². The van der Waals surface area contributed by atoms with Gasteiger partial charge in [-0.15, -0.1) is 0 Å². The van der Waals surface area contributed by atoms with Gasteiger partial charge in [0.2, 0.25) is 0 Å². The number of carbonyl (C=O) groups is 3. The van der Waals surface area contributed by atoms with Gasteiger partial charge in [0, 0.05) is 29.9 Å². The number of methoxy groups -OCH3 is 2. The maximum Gasteiger partial charge on any atom is 0.331 e. The van der Waals surface area contributed by atoms with Crippen LogP contribution in [0.1, 0.15) is 15.9 Å². The van der Waals surface area contributed by atoms with Crippen molar-refractivity contribution in [1.82, 2.24) is 5.32 Å². The lowest BCUT2D eigenvalue weighted by Gasteiger charge is -2.07. The third-order valence-electron chi connectivity index (χ3n) is 3.84. The van der Waals surface area contributed by atoms with Crippen LogP contribution >= 0.6 is 0 Å². The molecule has 2 amide bonds. The van der Waals surface area contributed by atoms with E-state index in [1.165, 1.54) is 33.4 Å². The second-order valence-corrected chi connectivity index (χ2v) is 5.75. The molecule has 0 spiro atoms. The number of carbonyl (C=O) groups excluding carboxylic acids is 3. The van der Waals surface area contributed by atoms with Crippen LogP contribution in [-0.4, -0.2) is 45.7 Å². The van der Waals surface area contributed by atoms with E-state index in [2.05, 4.69) is 10.6 Å². The molecule has 0 aromatic heterocycles. The van der Waals surface area contributed by atoms with Crippen molar-refractivity contribution >= 4 is 29.5 Å². The smallest absolute Gasteiger partial charge is 0.331 e. The summed E-state index contributed by atoms with van der Waals surface area (Å²) in [6.07, 6.45) is 2.71. The van der Waals surface area contributed by atoms with E-state index in [9.17, 15) is 14.4 Å². The zero-order valence-corrected chi connectivity index (χ0v) is 16.4. The SMILES string of the molecule is CNC(=O)c1ccc(NC(=O)COC(=O)/C=C/c2cc(OC)ccc2OC)cc1. The van der Waals surface area contributed by atoms with Gasteiger partial charge in [-0.25, -0.2) is 4.79 Å². The molecule has 0 saturated heterocycles. The Morgan fingerprint density at radius 1 is 1.00 bits per heavy atom. The predicted molar refractivity (Wildman–Crippen MR) is 108 cm³/mol. The zero-order chi connectivity index (χ0) is 21.2. The van der Waals surface area contributed by atoms with Gasteiger partial charge in [0.05, 0.1) is 14.2 Å². The minimum absolute atomic E-state index is 0.226. The Morgan fingerprint density at radius 2 is 1.72 bits per heavy atom. The van der Waals surface area contributed by atoms with Crippen LogP contribution in [0.15, 0.2) is 48.5 Å². The number of hydrogen-bond donors (Lipinski definition) is 2. The highest BCUT2D eigenvalue weighted by Gasteiger charge is 2.08. The van der Waals surface area contributed by atoms with E-state index in [-0.39, 0.29) is 5.91 Å². The summed E-state index contributed by atoms with van der Waals surface area (Å²) in [4.78, 5) is 35.3. The number of benzene rings is 2. The predicted octanol–water partition coefficient (Wildman–Crippen LogP) is 2.26. The number of esters is 1. The molecule has 2 N–H and O–H groups in total. The van der Waals surface area contributed by atoms with Gasteiger partial charge in [0.25, 0.3) is 11.8 Å². The maximum absolute atomic E-state index is 11.9. The van der Waals surface area contributed by atoms with E-state index in [0.29, 0.717) is 28.3 Å². The first kappa shape index (κ1) is 21.5. The summed E-state index contributed by atoms with van der Waals surface area (Å²) < 4.78 is 15.3. The lowest BCUT2D eigenvalue weighted by Crippen LogP contribution is -2.20. The number of ether oxygens (including phenoxy) is 3. The molecule has 0 radical (unpaired) electrons. The highest BCUT2D eigenvalue weighted by atomic mass is 16.5. The van der Waals surface area contributed by atoms with E-state index in [0.717, 1.165) is 0 Å². The normalized spacial score (nSPS) is 10.3. The van der Waals surface area contributed by atoms with Crippen molar-refractivity contribution in [2.75, 3.05) is 33.2 Å². The summed E-state index contributed by atoms with van der Waals surface area (Å²) in [6.45, 7) is -0.449. The zero-order valence-electron chi connectivity index (χ0n) is 16.4. The highest BCUT2D eigenvalue weighted by molar-refractivity contribution is 5.96. The summed E-state index contributed by atoms with van der Waals surface area (Å²) in [5.74, 6) is -0.233. The van der Waals surface area contributed by atoms with Crippen LogP contribution in [0, 0.1) is 0 Å². The number of nitrogens with one attached hydrogen (secondary N) is 2. The summed E-state index contributed by atoms with van der Waals surface area (Å²) in [5, 5.41) is 5.09. The fourth-order valence-electron chi connectivity index (χ4n) is 2.36. The lowest BCUT2D eigenvalue weighted by atomic mass is 10.1. The molecule has 0 aliphatic carbocycles. The topological polar surface area (TPSA) is 103 Å². The molecule has 152 valence electrons. The fraction of sp³-hybridized carbons (Fsp3) is 0.190. The monoisotopic (exact) mass is 398 g/mol. The molecule has 2 rings (SSSR count). The number of amides is 2. The summed E-state index contributed by atoms with van der Waals surface area (Å²) in [7, 11) is 4.59. The molecule has 2 aromatic rings. The Hall–Kier alpha value is -3.81. The Kier molecular flexibility index (Phi) is 7.78. The van der Waals surface area contributed by atoms with Crippen LogP contribution < -0.4 is 20.1 Å². The first-order chi connectivity index (χ1) is 14.0. The van der Waals surface area contributed by atoms with Gasteiger partial charge in [-0.1, -0.05) is 0 Å². The molecular formula is C21H22N2O6. The molecule has 0 fully saturated rings. The largest absolute Gasteiger partial charge is 0.497 e. The molecule has 8 nitrogen and oxygen atoms in total. The molecular weight excluding hydrogens is 376 g/mol. The molecule has 8 heteroatoms. The van der Waals surface area contributed by atoms with Crippen LogP contribution in [-0.2, 0) is 14.3 Å². The van der Waals surface area contributed by atoms with E-state index >= 15 is 0 Å². The summed E-state index contributed by atoms with van der Waals surface area (Å²) in [5.41, 5.74) is 1.58. The van der Waals surface area contributed by atoms with Crippen LogP contribution in [0.5, 0.6) is 11.5 Å². The van der Waals surface area contributed by atoms with Crippen LogP contribution in [0.25, 0.3) is 6.08 Å². The van der Waals surface area contributed by atoms with E-state index in [1.807, 2.05) is 0 Å². The Morgan fingerprint density at radius 3 is 2.34 bits per heavy atom. The van der Waals surface area contributed by atoms with Crippen molar-refractivity contribution in [3.8, 4) is 11.5 Å². The van der Waals surface area contributed by atoms with Crippen molar-refractivity contribution in [3.05, 3.63) is 59.7 Å². The van der Waals surface area contributed by atoms with E-state index in [1.54, 1.807) is 42.5 Å². The highest BCUT2D eigenvalue weighted by Crippen LogP contribution is 2.25. The number of rotatable bonds is 8. The molecule has 0 saturated carbocycles.